The standard InChI is InChI=1S/C13H13N3S2/c17-13(14-9-11-5-2-1-3-6-11)16-15-10-12-7-4-8-18-12/h1-8,10H,9H2,(H2,14,16,17). The number of hydrogen-bond acceptors (Lipinski definition) is 3. The summed E-state index contributed by atoms with van der Waals surface area (Å²) in [5.74, 6) is 0. The van der Waals surface area contributed by atoms with E-state index in [4.69, 9.17) is 12.2 Å². The molecule has 2 rings (SSSR count). The zero-order valence-corrected chi connectivity index (χ0v) is 11.3. The summed E-state index contributed by atoms with van der Waals surface area (Å²) >= 11 is 6.75. The summed E-state index contributed by atoms with van der Waals surface area (Å²) in [6.07, 6.45) is 1.75. The van der Waals surface area contributed by atoms with E-state index in [1.165, 1.54) is 5.56 Å². The van der Waals surface area contributed by atoms with E-state index in [-0.39, 0.29) is 0 Å². The fourth-order valence-corrected chi connectivity index (χ4v) is 2.05. The largest absolute Gasteiger partial charge is 0.357 e. The molecule has 0 fully saturated rings. The molecule has 1 heterocycles. The molecule has 0 saturated heterocycles. The Labute approximate surface area is 116 Å². The van der Waals surface area contributed by atoms with Crippen LogP contribution in [0.5, 0.6) is 0 Å². The van der Waals surface area contributed by atoms with Crippen molar-refractivity contribution in [3.05, 3.63) is 58.3 Å². The van der Waals surface area contributed by atoms with Gasteiger partial charge in [-0.2, -0.15) is 5.10 Å². The minimum absolute atomic E-state index is 0.520. The van der Waals surface area contributed by atoms with Crippen LogP contribution >= 0.6 is 23.6 Å². The lowest BCUT2D eigenvalue weighted by atomic mass is 10.2. The van der Waals surface area contributed by atoms with Gasteiger partial charge in [0.1, 0.15) is 0 Å². The second-order valence-electron chi connectivity index (χ2n) is 3.55. The lowest BCUT2D eigenvalue weighted by molar-refractivity contribution is 0.869. The summed E-state index contributed by atoms with van der Waals surface area (Å²) in [6, 6.07) is 14.1. The molecule has 0 atom stereocenters. The maximum Gasteiger partial charge on any atom is 0.187 e. The van der Waals surface area contributed by atoms with Crippen LogP contribution in [-0.4, -0.2) is 11.3 Å². The molecule has 1 aromatic heterocycles. The first-order chi connectivity index (χ1) is 8.84. The minimum Gasteiger partial charge on any atom is -0.357 e. The molecule has 1 aromatic carbocycles. The molecule has 0 spiro atoms. The van der Waals surface area contributed by atoms with E-state index in [0.29, 0.717) is 11.7 Å². The van der Waals surface area contributed by atoms with Crippen LogP contribution < -0.4 is 10.7 Å². The molecule has 0 amide bonds. The maximum absolute atomic E-state index is 5.12. The Kier molecular flexibility index (Phi) is 4.87. The van der Waals surface area contributed by atoms with Crippen molar-refractivity contribution in [1.29, 1.82) is 0 Å². The van der Waals surface area contributed by atoms with E-state index in [0.717, 1.165) is 4.88 Å². The molecule has 0 aliphatic rings. The second-order valence-corrected chi connectivity index (χ2v) is 4.94. The van der Waals surface area contributed by atoms with Crippen LogP contribution in [0.4, 0.5) is 0 Å². The number of thiophene rings is 1. The second kappa shape index (κ2) is 6.88. The molecule has 2 aromatic rings. The predicted molar refractivity (Wildman–Crippen MR) is 80.9 cm³/mol. The molecule has 0 aliphatic carbocycles. The highest BCUT2D eigenvalue weighted by Gasteiger charge is 1.94. The van der Waals surface area contributed by atoms with Gasteiger partial charge in [0.05, 0.1) is 6.21 Å². The molecule has 2 N–H and O–H groups in total. The lowest BCUT2D eigenvalue weighted by Crippen LogP contribution is -2.31. The minimum atomic E-state index is 0.520. The van der Waals surface area contributed by atoms with Crippen molar-refractivity contribution in [2.75, 3.05) is 0 Å². The normalized spacial score (nSPS) is 10.4. The molecule has 3 nitrogen and oxygen atoms in total. The average molecular weight is 275 g/mol. The van der Waals surface area contributed by atoms with Gasteiger partial charge in [-0.05, 0) is 29.2 Å². The molecular formula is C13H13N3S2. The number of benzene rings is 1. The van der Waals surface area contributed by atoms with Gasteiger partial charge in [-0.15, -0.1) is 11.3 Å². The van der Waals surface area contributed by atoms with E-state index in [9.17, 15) is 0 Å². The zero-order chi connectivity index (χ0) is 12.6. The van der Waals surface area contributed by atoms with Gasteiger partial charge in [-0.1, -0.05) is 36.4 Å². The van der Waals surface area contributed by atoms with Crippen LogP contribution in [0.2, 0.25) is 0 Å². The summed E-state index contributed by atoms with van der Waals surface area (Å²) in [7, 11) is 0. The third-order valence-corrected chi connectivity index (χ3v) is 3.24. The topological polar surface area (TPSA) is 36.4 Å². The average Bonchev–Trinajstić information content (AvgIpc) is 2.91. The number of hydrazone groups is 1. The number of hydrogen-bond donors (Lipinski definition) is 2. The summed E-state index contributed by atoms with van der Waals surface area (Å²) < 4.78 is 0. The predicted octanol–water partition coefficient (Wildman–Crippen LogP) is 2.75. The molecule has 0 aliphatic heterocycles. The molecule has 0 unspecified atom stereocenters. The number of nitrogens with one attached hydrogen (secondary N) is 2. The Bertz CT molecular complexity index is 506. The quantitative estimate of drug-likeness (QED) is 0.512. The van der Waals surface area contributed by atoms with Crippen LogP contribution in [0.25, 0.3) is 0 Å². The van der Waals surface area contributed by atoms with E-state index < -0.39 is 0 Å². The van der Waals surface area contributed by atoms with Crippen molar-refractivity contribution in [2.45, 2.75) is 6.54 Å². The Hall–Kier alpha value is -1.72. The zero-order valence-electron chi connectivity index (χ0n) is 9.67. The highest BCUT2D eigenvalue weighted by atomic mass is 32.1. The number of rotatable bonds is 4. The van der Waals surface area contributed by atoms with E-state index in [2.05, 4.69) is 15.8 Å². The third kappa shape index (κ3) is 4.27. The monoisotopic (exact) mass is 275 g/mol. The van der Waals surface area contributed by atoms with E-state index >= 15 is 0 Å². The van der Waals surface area contributed by atoms with Crippen molar-refractivity contribution in [1.82, 2.24) is 10.7 Å². The third-order valence-electron chi connectivity index (χ3n) is 2.20. The van der Waals surface area contributed by atoms with Crippen LogP contribution in [0.15, 0.2) is 52.9 Å². The highest BCUT2D eigenvalue weighted by molar-refractivity contribution is 7.80. The summed E-state index contributed by atoms with van der Waals surface area (Å²) in [4.78, 5) is 1.09. The van der Waals surface area contributed by atoms with Gasteiger partial charge in [0.2, 0.25) is 0 Å². The van der Waals surface area contributed by atoms with Gasteiger partial charge in [0, 0.05) is 11.4 Å². The van der Waals surface area contributed by atoms with Gasteiger partial charge in [0.25, 0.3) is 0 Å². The first kappa shape index (κ1) is 12.7. The molecule has 0 radical (unpaired) electrons. The molecule has 18 heavy (non-hydrogen) atoms. The molecule has 5 heteroatoms. The molecular weight excluding hydrogens is 262 g/mol. The van der Waals surface area contributed by atoms with Crippen molar-refractivity contribution in [3.63, 3.8) is 0 Å². The van der Waals surface area contributed by atoms with Gasteiger partial charge in [0.15, 0.2) is 5.11 Å². The van der Waals surface area contributed by atoms with Crippen molar-refractivity contribution in [2.24, 2.45) is 5.10 Å². The van der Waals surface area contributed by atoms with Crippen LogP contribution in [-0.2, 0) is 6.54 Å². The van der Waals surface area contributed by atoms with E-state index in [1.54, 1.807) is 17.6 Å². The van der Waals surface area contributed by atoms with Gasteiger partial charge in [-0.25, -0.2) is 0 Å². The van der Waals surface area contributed by atoms with Crippen molar-refractivity contribution < 1.29 is 0 Å². The van der Waals surface area contributed by atoms with E-state index in [1.807, 2.05) is 47.8 Å². The Morgan fingerprint density at radius 2 is 2.06 bits per heavy atom. The maximum atomic E-state index is 5.12. The smallest absolute Gasteiger partial charge is 0.187 e. The van der Waals surface area contributed by atoms with Crippen molar-refractivity contribution >= 4 is 34.9 Å². The highest BCUT2D eigenvalue weighted by Crippen LogP contribution is 2.04. The SMILES string of the molecule is S=C(NCc1ccccc1)NN=Cc1cccs1. The van der Waals surface area contributed by atoms with Crippen LogP contribution in [0, 0.1) is 0 Å². The number of thiocarbonyl (C=S) groups is 1. The Balaban J connectivity index is 1.73. The van der Waals surface area contributed by atoms with Crippen molar-refractivity contribution in [3.8, 4) is 0 Å². The fourth-order valence-electron chi connectivity index (χ4n) is 1.34. The van der Waals surface area contributed by atoms with Gasteiger partial charge < -0.3 is 5.32 Å². The summed E-state index contributed by atoms with van der Waals surface area (Å²) in [5, 5.41) is 9.67. The summed E-state index contributed by atoms with van der Waals surface area (Å²) in [5.41, 5.74) is 3.97. The fraction of sp³-hybridized carbons (Fsp3) is 0.0769. The molecule has 0 saturated carbocycles. The summed E-state index contributed by atoms with van der Waals surface area (Å²) in [6.45, 7) is 0.696. The first-order valence-electron chi connectivity index (χ1n) is 5.49. The lowest BCUT2D eigenvalue weighted by Gasteiger charge is -2.06. The Morgan fingerprint density at radius 3 is 2.78 bits per heavy atom. The van der Waals surface area contributed by atoms with Gasteiger partial charge in [-0.3, -0.25) is 5.43 Å². The Morgan fingerprint density at radius 1 is 1.22 bits per heavy atom. The first-order valence-corrected chi connectivity index (χ1v) is 6.78. The van der Waals surface area contributed by atoms with Crippen LogP contribution in [0.3, 0.4) is 0 Å². The number of nitrogens with zero attached hydrogens (tertiary/aromatic N) is 1. The molecule has 0 bridgehead atoms. The van der Waals surface area contributed by atoms with Gasteiger partial charge >= 0.3 is 0 Å². The molecule has 92 valence electrons. The van der Waals surface area contributed by atoms with Crippen LogP contribution in [0.1, 0.15) is 10.4 Å².